The molecule has 1 amide bonds. The Hall–Kier alpha value is -3.24. The van der Waals surface area contributed by atoms with Gasteiger partial charge in [-0.25, -0.2) is 9.37 Å². The second kappa shape index (κ2) is 9.49. The molecule has 164 valence electrons. The molecule has 4 aromatic rings. The van der Waals surface area contributed by atoms with E-state index in [1.54, 1.807) is 19.2 Å². The van der Waals surface area contributed by atoms with E-state index in [0.29, 0.717) is 10.3 Å². The quantitative estimate of drug-likeness (QED) is 0.388. The first-order valence-electron chi connectivity index (χ1n) is 9.67. The number of ether oxygens (including phenoxy) is 1. The van der Waals surface area contributed by atoms with Gasteiger partial charge in [-0.3, -0.25) is 9.36 Å². The minimum Gasteiger partial charge on any atom is -0.497 e. The number of halogens is 1. The summed E-state index contributed by atoms with van der Waals surface area (Å²) in [5.41, 5.74) is 2.42. The van der Waals surface area contributed by atoms with Gasteiger partial charge in [-0.05, 0) is 62.4 Å². The fourth-order valence-electron chi connectivity index (χ4n) is 3.08. The Morgan fingerprint density at radius 3 is 2.53 bits per heavy atom. The van der Waals surface area contributed by atoms with E-state index in [2.05, 4.69) is 20.5 Å². The number of anilines is 1. The highest BCUT2D eigenvalue weighted by Crippen LogP contribution is 2.31. The summed E-state index contributed by atoms with van der Waals surface area (Å²) >= 11 is 2.67. The monoisotopic (exact) mass is 469 g/mol. The minimum atomic E-state index is -0.301. The average Bonchev–Trinajstić information content (AvgIpc) is 3.34. The number of benzene rings is 2. The largest absolute Gasteiger partial charge is 0.497 e. The molecule has 0 aliphatic carbocycles. The predicted octanol–water partition coefficient (Wildman–Crippen LogP) is 4.89. The van der Waals surface area contributed by atoms with Gasteiger partial charge in [-0.1, -0.05) is 11.8 Å². The maximum atomic E-state index is 13.2. The number of amides is 1. The van der Waals surface area contributed by atoms with Gasteiger partial charge >= 0.3 is 0 Å². The molecular weight excluding hydrogens is 449 g/mol. The van der Waals surface area contributed by atoms with Gasteiger partial charge in [0, 0.05) is 16.1 Å². The fourth-order valence-corrected chi connectivity index (χ4v) is 4.73. The van der Waals surface area contributed by atoms with E-state index in [-0.39, 0.29) is 17.5 Å². The summed E-state index contributed by atoms with van der Waals surface area (Å²) in [5, 5.41) is 12.3. The number of aromatic nitrogens is 4. The Kier molecular flexibility index (Phi) is 6.52. The SMILES string of the molecule is COc1ccc(-n2c(C)nnc2SCC(=O)Nc2nc(-c3ccc(F)cc3)c(C)s2)cc1. The molecule has 0 aliphatic heterocycles. The summed E-state index contributed by atoms with van der Waals surface area (Å²) in [6, 6.07) is 13.7. The Bertz CT molecular complexity index is 1240. The van der Waals surface area contributed by atoms with E-state index >= 15 is 0 Å². The van der Waals surface area contributed by atoms with Crippen LogP contribution in [0.5, 0.6) is 5.75 Å². The first kappa shape index (κ1) is 22.0. The molecule has 1 N–H and O–H groups in total. The van der Waals surface area contributed by atoms with Crippen molar-refractivity contribution >= 4 is 34.1 Å². The highest BCUT2D eigenvalue weighted by atomic mass is 32.2. The Labute approximate surface area is 192 Å². The molecular formula is C22H20FN5O2S2. The predicted molar refractivity (Wildman–Crippen MR) is 124 cm³/mol. The number of nitrogens with one attached hydrogen (secondary N) is 1. The second-order valence-corrected chi connectivity index (χ2v) is 8.98. The Morgan fingerprint density at radius 1 is 1.12 bits per heavy atom. The normalized spacial score (nSPS) is 10.9. The number of hydrogen-bond acceptors (Lipinski definition) is 7. The first-order chi connectivity index (χ1) is 15.4. The van der Waals surface area contributed by atoms with E-state index in [1.165, 1.54) is 35.2 Å². The number of hydrogen-bond donors (Lipinski definition) is 1. The van der Waals surface area contributed by atoms with Gasteiger partial charge in [0.1, 0.15) is 17.4 Å². The minimum absolute atomic E-state index is 0.152. The van der Waals surface area contributed by atoms with Crippen molar-refractivity contribution in [2.45, 2.75) is 19.0 Å². The lowest BCUT2D eigenvalue weighted by Gasteiger charge is -2.09. The molecule has 0 fully saturated rings. The summed E-state index contributed by atoms with van der Waals surface area (Å²) in [7, 11) is 1.62. The average molecular weight is 470 g/mol. The van der Waals surface area contributed by atoms with Gasteiger partial charge in [0.15, 0.2) is 10.3 Å². The van der Waals surface area contributed by atoms with E-state index in [1.807, 2.05) is 42.7 Å². The van der Waals surface area contributed by atoms with Crippen LogP contribution in [0.2, 0.25) is 0 Å². The molecule has 0 unspecified atom stereocenters. The van der Waals surface area contributed by atoms with Crippen LogP contribution in [0.25, 0.3) is 16.9 Å². The molecule has 0 atom stereocenters. The molecule has 2 aromatic heterocycles. The van der Waals surface area contributed by atoms with Crippen LogP contribution < -0.4 is 10.1 Å². The third-order valence-corrected chi connectivity index (χ3v) is 6.43. The second-order valence-electron chi connectivity index (χ2n) is 6.83. The summed E-state index contributed by atoms with van der Waals surface area (Å²) in [6.07, 6.45) is 0. The molecule has 2 heterocycles. The topological polar surface area (TPSA) is 81.9 Å². The molecule has 0 radical (unpaired) electrons. The van der Waals surface area contributed by atoms with Crippen molar-refractivity contribution in [2.75, 3.05) is 18.2 Å². The Balaban J connectivity index is 1.43. The zero-order chi connectivity index (χ0) is 22.7. The maximum absolute atomic E-state index is 13.2. The van der Waals surface area contributed by atoms with Crippen molar-refractivity contribution < 1.29 is 13.9 Å². The maximum Gasteiger partial charge on any atom is 0.236 e. The molecule has 2 aromatic carbocycles. The number of aryl methyl sites for hydroxylation is 2. The van der Waals surface area contributed by atoms with E-state index in [0.717, 1.165) is 33.4 Å². The van der Waals surface area contributed by atoms with Crippen LogP contribution in [0.3, 0.4) is 0 Å². The van der Waals surface area contributed by atoms with Crippen LogP contribution in [-0.4, -0.2) is 38.5 Å². The third-order valence-electron chi connectivity index (χ3n) is 4.62. The van der Waals surface area contributed by atoms with Crippen molar-refractivity contribution in [1.29, 1.82) is 0 Å². The van der Waals surface area contributed by atoms with Crippen LogP contribution in [0.4, 0.5) is 9.52 Å². The number of thioether (sulfide) groups is 1. The van der Waals surface area contributed by atoms with E-state index in [9.17, 15) is 9.18 Å². The van der Waals surface area contributed by atoms with Crippen LogP contribution in [0.1, 0.15) is 10.7 Å². The summed E-state index contributed by atoms with van der Waals surface area (Å²) < 4.78 is 20.3. The number of nitrogens with zero attached hydrogens (tertiary/aromatic N) is 4. The molecule has 4 rings (SSSR count). The Morgan fingerprint density at radius 2 is 1.84 bits per heavy atom. The van der Waals surface area contributed by atoms with E-state index < -0.39 is 0 Å². The van der Waals surface area contributed by atoms with Gasteiger partial charge in [-0.15, -0.1) is 21.5 Å². The molecule has 0 aliphatic rings. The van der Waals surface area contributed by atoms with E-state index in [4.69, 9.17) is 4.74 Å². The van der Waals surface area contributed by atoms with Crippen molar-refractivity contribution in [3.8, 4) is 22.7 Å². The number of carbonyl (C=O) groups is 1. The number of rotatable bonds is 7. The highest BCUT2D eigenvalue weighted by molar-refractivity contribution is 7.99. The van der Waals surface area contributed by atoms with Gasteiger partial charge in [0.25, 0.3) is 0 Å². The van der Waals surface area contributed by atoms with Gasteiger partial charge < -0.3 is 10.1 Å². The lowest BCUT2D eigenvalue weighted by atomic mass is 10.1. The number of methoxy groups -OCH3 is 1. The fraction of sp³-hybridized carbons (Fsp3) is 0.182. The summed E-state index contributed by atoms with van der Waals surface area (Å²) in [4.78, 5) is 18.0. The molecule has 7 nitrogen and oxygen atoms in total. The molecule has 0 saturated heterocycles. The number of carbonyl (C=O) groups excluding carboxylic acids is 1. The smallest absolute Gasteiger partial charge is 0.236 e. The summed E-state index contributed by atoms with van der Waals surface area (Å²) in [6.45, 7) is 3.78. The molecule has 10 heteroatoms. The van der Waals surface area contributed by atoms with Crippen LogP contribution >= 0.6 is 23.1 Å². The zero-order valence-electron chi connectivity index (χ0n) is 17.6. The zero-order valence-corrected chi connectivity index (χ0v) is 19.3. The van der Waals surface area contributed by atoms with Crippen molar-refractivity contribution in [3.05, 3.63) is 65.0 Å². The van der Waals surface area contributed by atoms with Gasteiger partial charge in [-0.2, -0.15) is 0 Å². The lowest BCUT2D eigenvalue weighted by molar-refractivity contribution is -0.113. The van der Waals surface area contributed by atoms with Crippen molar-refractivity contribution in [3.63, 3.8) is 0 Å². The first-order valence-corrected chi connectivity index (χ1v) is 11.5. The standard InChI is InChI=1S/C22H20FN5O2S2/c1-13-20(15-4-6-16(23)7-5-15)25-21(32-13)24-19(29)12-31-22-27-26-14(2)28(22)17-8-10-18(30-3)11-9-17/h4-11H,12H2,1-3H3,(H,24,25,29). The summed E-state index contributed by atoms with van der Waals surface area (Å²) in [5.74, 6) is 1.13. The van der Waals surface area contributed by atoms with Crippen LogP contribution in [0, 0.1) is 19.7 Å². The lowest BCUT2D eigenvalue weighted by Crippen LogP contribution is -2.14. The number of thiazole rings is 1. The molecule has 0 bridgehead atoms. The van der Waals surface area contributed by atoms with Gasteiger partial charge in [0.05, 0.1) is 18.6 Å². The third kappa shape index (κ3) is 4.81. The molecule has 32 heavy (non-hydrogen) atoms. The molecule has 0 spiro atoms. The van der Waals surface area contributed by atoms with Crippen LogP contribution in [0.15, 0.2) is 53.7 Å². The van der Waals surface area contributed by atoms with Gasteiger partial charge in [0.2, 0.25) is 5.91 Å². The van der Waals surface area contributed by atoms with Crippen molar-refractivity contribution in [1.82, 2.24) is 19.7 Å². The van der Waals surface area contributed by atoms with Crippen molar-refractivity contribution in [2.24, 2.45) is 0 Å². The highest BCUT2D eigenvalue weighted by Gasteiger charge is 2.16. The van der Waals surface area contributed by atoms with Crippen LogP contribution in [-0.2, 0) is 4.79 Å². The molecule has 0 saturated carbocycles.